The summed E-state index contributed by atoms with van der Waals surface area (Å²) < 4.78 is 10.5. The first-order valence-electron chi connectivity index (χ1n) is 6.56. The van der Waals surface area contributed by atoms with E-state index < -0.39 is 0 Å². The average molecular weight is 262 g/mol. The Balaban J connectivity index is 1.72. The highest BCUT2D eigenvalue weighted by Crippen LogP contribution is 2.24. The summed E-state index contributed by atoms with van der Waals surface area (Å²) in [6, 6.07) is 8.24. The Labute approximate surface area is 112 Å². The summed E-state index contributed by atoms with van der Waals surface area (Å²) in [5, 5.41) is 2.99. The third-order valence-electron chi connectivity index (χ3n) is 3.80. The van der Waals surface area contributed by atoms with E-state index in [1.165, 1.54) is 0 Å². The number of amides is 2. The second-order valence-electron chi connectivity index (χ2n) is 4.96. The van der Waals surface area contributed by atoms with Crippen molar-refractivity contribution >= 4 is 6.03 Å². The number of carbonyl (C=O) groups excluding carboxylic acids is 1. The highest BCUT2D eigenvalue weighted by molar-refractivity contribution is 5.77. The summed E-state index contributed by atoms with van der Waals surface area (Å²) >= 11 is 0. The Bertz CT molecular complexity index is 460. The fourth-order valence-corrected chi connectivity index (χ4v) is 2.75. The van der Waals surface area contributed by atoms with Crippen LogP contribution < -0.4 is 10.1 Å². The maximum Gasteiger partial charge on any atom is 0.318 e. The van der Waals surface area contributed by atoms with Gasteiger partial charge in [-0.2, -0.15) is 0 Å². The van der Waals surface area contributed by atoms with Crippen LogP contribution in [0.15, 0.2) is 24.3 Å². The van der Waals surface area contributed by atoms with Gasteiger partial charge in [0.2, 0.25) is 0 Å². The number of methoxy groups -OCH3 is 1. The van der Waals surface area contributed by atoms with Crippen LogP contribution in [0.1, 0.15) is 12.0 Å². The van der Waals surface area contributed by atoms with Gasteiger partial charge in [0.15, 0.2) is 0 Å². The molecule has 2 amide bonds. The highest BCUT2D eigenvalue weighted by atomic mass is 16.5. The van der Waals surface area contributed by atoms with Crippen molar-refractivity contribution in [2.24, 2.45) is 0 Å². The van der Waals surface area contributed by atoms with Crippen molar-refractivity contribution in [1.29, 1.82) is 0 Å². The quantitative estimate of drug-likeness (QED) is 0.895. The number of benzene rings is 1. The third kappa shape index (κ3) is 2.38. The van der Waals surface area contributed by atoms with E-state index in [1.807, 2.05) is 29.2 Å². The van der Waals surface area contributed by atoms with Gasteiger partial charge in [-0.25, -0.2) is 4.79 Å². The molecule has 0 radical (unpaired) electrons. The van der Waals surface area contributed by atoms with Crippen molar-refractivity contribution in [3.63, 3.8) is 0 Å². The van der Waals surface area contributed by atoms with Gasteiger partial charge >= 0.3 is 6.03 Å². The smallest absolute Gasteiger partial charge is 0.318 e. The van der Waals surface area contributed by atoms with Crippen LogP contribution in [0.2, 0.25) is 0 Å². The lowest BCUT2D eigenvalue weighted by Crippen LogP contribution is -2.43. The van der Waals surface area contributed by atoms with Gasteiger partial charge in [0.05, 0.1) is 25.8 Å². The molecule has 2 atom stereocenters. The zero-order chi connectivity index (χ0) is 13.2. The van der Waals surface area contributed by atoms with Crippen molar-refractivity contribution in [1.82, 2.24) is 10.2 Å². The summed E-state index contributed by atoms with van der Waals surface area (Å²) in [5.41, 5.74) is 1.11. The molecule has 102 valence electrons. The van der Waals surface area contributed by atoms with E-state index in [9.17, 15) is 4.79 Å². The van der Waals surface area contributed by atoms with Gasteiger partial charge in [-0.15, -0.1) is 0 Å². The summed E-state index contributed by atoms with van der Waals surface area (Å²) in [6.45, 7) is 1.99. The van der Waals surface area contributed by atoms with E-state index >= 15 is 0 Å². The molecule has 2 aliphatic rings. The van der Waals surface area contributed by atoms with Crippen molar-refractivity contribution < 1.29 is 14.3 Å². The topological polar surface area (TPSA) is 50.8 Å². The molecule has 2 saturated heterocycles. The van der Waals surface area contributed by atoms with Crippen molar-refractivity contribution in [2.75, 3.05) is 20.3 Å². The van der Waals surface area contributed by atoms with Gasteiger partial charge in [0, 0.05) is 13.2 Å². The first-order chi connectivity index (χ1) is 9.28. The first kappa shape index (κ1) is 12.3. The number of ether oxygens (including phenoxy) is 2. The second-order valence-corrected chi connectivity index (χ2v) is 4.96. The third-order valence-corrected chi connectivity index (χ3v) is 3.80. The molecule has 19 heavy (non-hydrogen) atoms. The van der Waals surface area contributed by atoms with Crippen LogP contribution in [-0.2, 0) is 11.3 Å². The number of hydrogen-bond donors (Lipinski definition) is 1. The molecule has 5 heteroatoms. The number of fused-ring (bicyclic) bond motifs is 1. The molecule has 2 aliphatic heterocycles. The minimum atomic E-state index is 0.0105. The highest BCUT2D eigenvalue weighted by Gasteiger charge is 2.40. The lowest BCUT2D eigenvalue weighted by atomic mass is 10.0. The summed E-state index contributed by atoms with van der Waals surface area (Å²) in [4.78, 5) is 13.9. The van der Waals surface area contributed by atoms with E-state index in [1.54, 1.807) is 7.11 Å². The molecular weight excluding hydrogens is 244 g/mol. The lowest BCUT2D eigenvalue weighted by Gasteiger charge is -2.30. The van der Waals surface area contributed by atoms with Crippen LogP contribution in [0.3, 0.4) is 0 Å². The first-order valence-corrected chi connectivity index (χ1v) is 6.56. The summed E-state index contributed by atoms with van der Waals surface area (Å²) in [5.74, 6) is 0.832. The van der Waals surface area contributed by atoms with Gasteiger partial charge in [0.25, 0.3) is 0 Å². The summed E-state index contributed by atoms with van der Waals surface area (Å²) in [7, 11) is 1.65. The Morgan fingerprint density at radius 2 is 2.21 bits per heavy atom. The number of hydrogen-bond acceptors (Lipinski definition) is 3. The van der Waals surface area contributed by atoms with E-state index in [4.69, 9.17) is 9.47 Å². The van der Waals surface area contributed by atoms with Crippen LogP contribution in [0.5, 0.6) is 5.75 Å². The molecule has 0 spiro atoms. The number of nitrogens with zero attached hydrogens (tertiary/aromatic N) is 1. The molecule has 2 fully saturated rings. The Kier molecular flexibility index (Phi) is 3.29. The molecule has 5 nitrogen and oxygen atoms in total. The minimum absolute atomic E-state index is 0.0105. The molecule has 0 saturated carbocycles. The van der Waals surface area contributed by atoms with E-state index in [0.717, 1.165) is 24.3 Å². The van der Waals surface area contributed by atoms with Crippen molar-refractivity contribution in [2.45, 2.75) is 25.0 Å². The van der Waals surface area contributed by atoms with Crippen LogP contribution in [-0.4, -0.2) is 43.3 Å². The number of carbonyl (C=O) groups is 1. The average Bonchev–Trinajstić information content (AvgIpc) is 2.76. The molecule has 0 aliphatic carbocycles. The van der Waals surface area contributed by atoms with Crippen LogP contribution >= 0.6 is 0 Å². The molecule has 1 N–H and O–H groups in total. The van der Waals surface area contributed by atoms with Crippen LogP contribution in [0.4, 0.5) is 4.79 Å². The molecular formula is C14H18N2O3. The lowest BCUT2D eigenvalue weighted by molar-refractivity contribution is 0.0456. The predicted octanol–water partition coefficient (Wildman–Crippen LogP) is 1.38. The van der Waals surface area contributed by atoms with E-state index in [-0.39, 0.29) is 18.1 Å². The molecule has 1 aromatic carbocycles. The molecule has 0 bridgehead atoms. The van der Waals surface area contributed by atoms with Gasteiger partial charge in [-0.3, -0.25) is 0 Å². The van der Waals surface area contributed by atoms with Gasteiger partial charge in [0.1, 0.15) is 5.75 Å². The molecule has 2 heterocycles. The SMILES string of the molecule is COc1ccc(CN2C(=O)N[C@@H]3COCC[C@H]32)cc1. The van der Waals surface area contributed by atoms with E-state index in [0.29, 0.717) is 13.2 Å². The normalized spacial score (nSPS) is 25.9. The zero-order valence-electron chi connectivity index (χ0n) is 11.0. The number of rotatable bonds is 3. The second kappa shape index (κ2) is 5.09. The van der Waals surface area contributed by atoms with E-state index in [2.05, 4.69) is 5.32 Å². The minimum Gasteiger partial charge on any atom is -0.497 e. The van der Waals surface area contributed by atoms with Gasteiger partial charge < -0.3 is 19.7 Å². The zero-order valence-corrected chi connectivity index (χ0v) is 11.0. The Morgan fingerprint density at radius 3 is 2.95 bits per heavy atom. The molecule has 0 aromatic heterocycles. The molecule has 0 unspecified atom stereocenters. The monoisotopic (exact) mass is 262 g/mol. The summed E-state index contributed by atoms with van der Waals surface area (Å²) in [6.07, 6.45) is 0.902. The molecule has 1 aromatic rings. The van der Waals surface area contributed by atoms with Crippen LogP contribution in [0, 0.1) is 0 Å². The maximum absolute atomic E-state index is 12.0. The Morgan fingerprint density at radius 1 is 1.42 bits per heavy atom. The maximum atomic E-state index is 12.0. The largest absolute Gasteiger partial charge is 0.497 e. The van der Waals surface area contributed by atoms with Crippen molar-refractivity contribution in [3.8, 4) is 5.75 Å². The van der Waals surface area contributed by atoms with Gasteiger partial charge in [-0.1, -0.05) is 12.1 Å². The van der Waals surface area contributed by atoms with Crippen LogP contribution in [0.25, 0.3) is 0 Å². The predicted molar refractivity (Wildman–Crippen MR) is 70.1 cm³/mol. The number of nitrogens with one attached hydrogen (secondary N) is 1. The van der Waals surface area contributed by atoms with Crippen molar-refractivity contribution in [3.05, 3.63) is 29.8 Å². The Hall–Kier alpha value is -1.75. The fraction of sp³-hybridized carbons (Fsp3) is 0.500. The molecule has 3 rings (SSSR count). The standard InChI is InChI=1S/C14H18N2O3/c1-18-11-4-2-10(3-5-11)8-16-13-6-7-19-9-12(13)15-14(16)17/h2-5,12-13H,6-9H2,1H3,(H,15,17)/t12-,13-/m1/s1. The number of urea groups is 1. The fourth-order valence-electron chi connectivity index (χ4n) is 2.75. The van der Waals surface area contributed by atoms with Gasteiger partial charge in [-0.05, 0) is 24.1 Å².